The van der Waals surface area contributed by atoms with Crippen molar-refractivity contribution in [2.45, 2.75) is 65.4 Å². The summed E-state index contributed by atoms with van der Waals surface area (Å²) < 4.78 is 0. The van der Waals surface area contributed by atoms with Crippen LogP contribution >= 0.6 is 0 Å². The Bertz CT molecular complexity index is 179. The van der Waals surface area contributed by atoms with Crippen molar-refractivity contribution < 1.29 is 5.11 Å². The molecule has 0 aromatic rings. The lowest BCUT2D eigenvalue weighted by Crippen LogP contribution is -2.57. The van der Waals surface area contributed by atoms with Gasteiger partial charge in [-0.1, -0.05) is 40.0 Å². The Balaban J connectivity index is 2.27. The first-order valence-electron chi connectivity index (χ1n) is 7.06. The van der Waals surface area contributed by atoms with Crippen LogP contribution in [0.15, 0.2) is 0 Å². The predicted octanol–water partition coefficient (Wildman–Crippen LogP) is 3.05. The zero-order chi connectivity index (χ0) is 12.0. The van der Waals surface area contributed by atoms with Gasteiger partial charge in [0, 0.05) is 19.6 Å². The summed E-state index contributed by atoms with van der Waals surface area (Å²) >= 11 is 0. The summed E-state index contributed by atoms with van der Waals surface area (Å²) in [5.41, 5.74) is 0.593. The van der Waals surface area contributed by atoms with Crippen LogP contribution in [0.2, 0.25) is 0 Å². The predicted molar refractivity (Wildman–Crippen MR) is 69.6 cm³/mol. The fourth-order valence-electron chi connectivity index (χ4n) is 3.26. The van der Waals surface area contributed by atoms with Gasteiger partial charge in [0.25, 0.3) is 0 Å². The summed E-state index contributed by atoms with van der Waals surface area (Å²) in [6.07, 6.45) is 7.25. The molecule has 1 saturated heterocycles. The first kappa shape index (κ1) is 14.0. The van der Waals surface area contributed by atoms with Crippen molar-refractivity contribution in [2.24, 2.45) is 5.41 Å². The number of aliphatic hydroxyl groups excluding tert-OH is 1. The normalized spacial score (nSPS) is 21.8. The molecule has 1 N–H and O–H groups in total. The van der Waals surface area contributed by atoms with Crippen molar-refractivity contribution in [3.05, 3.63) is 0 Å². The van der Waals surface area contributed by atoms with Crippen molar-refractivity contribution >= 4 is 0 Å². The molecule has 96 valence electrons. The second kappa shape index (κ2) is 6.61. The minimum Gasteiger partial charge on any atom is -0.392 e. The van der Waals surface area contributed by atoms with Crippen LogP contribution in [0.1, 0.15) is 59.3 Å². The largest absolute Gasteiger partial charge is 0.392 e. The number of likely N-dealkylation sites (tertiary alicyclic amines) is 1. The number of nitrogens with zero attached hydrogens (tertiary/aromatic N) is 1. The van der Waals surface area contributed by atoms with Gasteiger partial charge in [-0.25, -0.2) is 0 Å². The van der Waals surface area contributed by atoms with E-state index in [1.54, 1.807) is 0 Å². The minimum atomic E-state index is -0.105. The topological polar surface area (TPSA) is 23.5 Å². The number of rotatable bonds is 8. The molecule has 0 aliphatic carbocycles. The van der Waals surface area contributed by atoms with Gasteiger partial charge in [0.05, 0.1) is 6.10 Å². The lowest BCUT2D eigenvalue weighted by atomic mass is 9.72. The Morgan fingerprint density at radius 1 is 1.06 bits per heavy atom. The highest BCUT2D eigenvalue weighted by atomic mass is 16.3. The monoisotopic (exact) mass is 227 g/mol. The number of aliphatic hydroxyl groups is 1. The first-order valence-corrected chi connectivity index (χ1v) is 7.06. The zero-order valence-electron chi connectivity index (χ0n) is 11.3. The van der Waals surface area contributed by atoms with Crippen molar-refractivity contribution in [3.63, 3.8) is 0 Å². The quantitative estimate of drug-likeness (QED) is 0.689. The Morgan fingerprint density at radius 2 is 1.62 bits per heavy atom. The number of hydrogen-bond donors (Lipinski definition) is 1. The van der Waals surface area contributed by atoms with Gasteiger partial charge >= 0.3 is 0 Å². The second-order valence-corrected chi connectivity index (χ2v) is 5.61. The Hall–Kier alpha value is -0.0800. The van der Waals surface area contributed by atoms with Crippen LogP contribution < -0.4 is 0 Å². The summed E-state index contributed by atoms with van der Waals surface area (Å²) in [6.45, 7) is 10.0. The van der Waals surface area contributed by atoms with Crippen LogP contribution in [-0.4, -0.2) is 35.7 Å². The Labute approximate surface area is 101 Å². The molecule has 2 heteroatoms. The molecule has 0 aromatic heterocycles. The van der Waals surface area contributed by atoms with E-state index < -0.39 is 0 Å². The maximum absolute atomic E-state index is 9.77. The van der Waals surface area contributed by atoms with Crippen LogP contribution in [-0.2, 0) is 0 Å². The highest BCUT2D eigenvalue weighted by Crippen LogP contribution is 2.39. The number of β-amino-alcohol motifs (C(OH)–C–C–N with tert-alkyl or cyclic N) is 1. The first-order chi connectivity index (χ1) is 7.65. The molecule has 1 heterocycles. The molecule has 0 spiro atoms. The Kier molecular flexibility index (Phi) is 5.77. The van der Waals surface area contributed by atoms with E-state index in [0.29, 0.717) is 5.41 Å². The third-order valence-corrected chi connectivity index (χ3v) is 3.77. The van der Waals surface area contributed by atoms with E-state index in [-0.39, 0.29) is 6.10 Å². The third-order valence-electron chi connectivity index (χ3n) is 3.77. The summed E-state index contributed by atoms with van der Waals surface area (Å²) in [7, 11) is 0. The molecule has 0 saturated carbocycles. The van der Waals surface area contributed by atoms with Crippen molar-refractivity contribution in [3.8, 4) is 0 Å². The molecule has 0 amide bonds. The van der Waals surface area contributed by atoms with E-state index in [2.05, 4.69) is 25.7 Å². The third kappa shape index (κ3) is 3.74. The van der Waals surface area contributed by atoms with Crippen molar-refractivity contribution in [1.29, 1.82) is 0 Å². The van der Waals surface area contributed by atoms with E-state index in [1.807, 2.05) is 0 Å². The van der Waals surface area contributed by atoms with Crippen LogP contribution in [0.3, 0.4) is 0 Å². The van der Waals surface area contributed by atoms with Gasteiger partial charge in [-0.3, -0.25) is 4.90 Å². The summed E-state index contributed by atoms with van der Waals surface area (Å²) in [6, 6.07) is 0. The minimum absolute atomic E-state index is 0.105. The van der Waals surface area contributed by atoms with Gasteiger partial charge < -0.3 is 5.11 Å². The van der Waals surface area contributed by atoms with E-state index in [4.69, 9.17) is 0 Å². The fraction of sp³-hybridized carbons (Fsp3) is 1.00. The highest BCUT2D eigenvalue weighted by molar-refractivity contribution is 4.94. The summed E-state index contributed by atoms with van der Waals surface area (Å²) in [5, 5.41) is 9.77. The van der Waals surface area contributed by atoms with Gasteiger partial charge in [-0.2, -0.15) is 0 Å². The SMILES string of the molecule is CCCC(O)CN1CC(CCC)(CCC)C1. The molecule has 0 bridgehead atoms. The van der Waals surface area contributed by atoms with Gasteiger partial charge in [-0.15, -0.1) is 0 Å². The lowest BCUT2D eigenvalue weighted by molar-refractivity contribution is -0.0400. The zero-order valence-corrected chi connectivity index (χ0v) is 11.3. The molecule has 1 fully saturated rings. The molecule has 16 heavy (non-hydrogen) atoms. The lowest BCUT2D eigenvalue weighted by Gasteiger charge is -2.51. The standard InChI is InChI=1S/C14H29NO/c1-4-7-13(16)10-15-11-14(12-15,8-5-2)9-6-3/h13,16H,4-12H2,1-3H3. The Morgan fingerprint density at radius 3 is 2.06 bits per heavy atom. The molecule has 1 rings (SSSR count). The summed E-state index contributed by atoms with van der Waals surface area (Å²) in [4.78, 5) is 2.44. The molecule has 1 aliphatic rings. The van der Waals surface area contributed by atoms with Crippen molar-refractivity contribution in [1.82, 2.24) is 4.90 Å². The second-order valence-electron chi connectivity index (χ2n) is 5.61. The average Bonchev–Trinajstić information content (AvgIpc) is 2.16. The fourth-order valence-corrected chi connectivity index (χ4v) is 3.26. The van der Waals surface area contributed by atoms with E-state index >= 15 is 0 Å². The maximum Gasteiger partial charge on any atom is 0.0667 e. The summed E-state index contributed by atoms with van der Waals surface area (Å²) in [5.74, 6) is 0. The van der Waals surface area contributed by atoms with Crippen LogP contribution in [0.4, 0.5) is 0 Å². The smallest absolute Gasteiger partial charge is 0.0667 e. The van der Waals surface area contributed by atoms with Crippen LogP contribution in [0.25, 0.3) is 0 Å². The van der Waals surface area contributed by atoms with E-state index in [0.717, 1.165) is 19.4 Å². The molecule has 1 aliphatic heterocycles. The van der Waals surface area contributed by atoms with Crippen molar-refractivity contribution in [2.75, 3.05) is 19.6 Å². The molecule has 0 aromatic carbocycles. The highest BCUT2D eigenvalue weighted by Gasteiger charge is 2.41. The molecule has 2 nitrogen and oxygen atoms in total. The van der Waals surface area contributed by atoms with E-state index in [1.165, 1.54) is 38.8 Å². The van der Waals surface area contributed by atoms with Gasteiger partial charge in [0.1, 0.15) is 0 Å². The molecular weight excluding hydrogens is 198 g/mol. The van der Waals surface area contributed by atoms with Crippen LogP contribution in [0.5, 0.6) is 0 Å². The van der Waals surface area contributed by atoms with Gasteiger partial charge in [0.2, 0.25) is 0 Å². The molecule has 1 atom stereocenters. The number of hydrogen-bond acceptors (Lipinski definition) is 2. The average molecular weight is 227 g/mol. The maximum atomic E-state index is 9.77. The van der Waals surface area contributed by atoms with E-state index in [9.17, 15) is 5.11 Å². The molecule has 1 unspecified atom stereocenters. The molecule has 0 radical (unpaired) electrons. The molecular formula is C14H29NO. The van der Waals surface area contributed by atoms with Crippen LogP contribution in [0, 0.1) is 5.41 Å². The van der Waals surface area contributed by atoms with Gasteiger partial charge in [-0.05, 0) is 24.7 Å². The van der Waals surface area contributed by atoms with Gasteiger partial charge in [0.15, 0.2) is 0 Å².